The highest BCUT2D eigenvalue weighted by atomic mass is 35.5. The van der Waals surface area contributed by atoms with Crippen molar-refractivity contribution in [1.82, 2.24) is 5.32 Å². The molecular formula is C25H17Cl3N2O4. The first kappa shape index (κ1) is 23.8. The summed E-state index contributed by atoms with van der Waals surface area (Å²) in [6, 6.07) is 16.1. The van der Waals surface area contributed by atoms with Crippen LogP contribution >= 0.6 is 34.8 Å². The van der Waals surface area contributed by atoms with Crippen LogP contribution in [0.25, 0.3) is 6.08 Å². The number of nitrogens with one attached hydrogen (secondary N) is 1. The smallest absolute Gasteiger partial charge is 0.335 e. The number of barbiturate groups is 1. The van der Waals surface area contributed by atoms with Crippen LogP contribution in [0.4, 0.5) is 10.5 Å². The zero-order chi connectivity index (χ0) is 24.4. The van der Waals surface area contributed by atoms with Crippen molar-refractivity contribution in [2.24, 2.45) is 0 Å². The summed E-state index contributed by atoms with van der Waals surface area (Å²) < 4.78 is 5.93. The SMILES string of the molecule is Cc1ccc(COc2ccc(Cl)cc2/C=C2\C(=O)NC(=O)N(c3ccc(Cl)c(Cl)c3)C2=O)cc1. The number of carbonyl (C=O) groups excluding carboxylic acids is 3. The number of hydrogen-bond donors (Lipinski definition) is 1. The number of ether oxygens (including phenoxy) is 1. The first-order valence-corrected chi connectivity index (χ1v) is 11.2. The molecule has 0 aliphatic carbocycles. The van der Waals surface area contributed by atoms with Crippen LogP contribution in [0.1, 0.15) is 16.7 Å². The Labute approximate surface area is 210 Å². The molecule has 1 aliphatic heterocycles. The molecule has 0 radical (unpaired) electrons. The van der Waals surface area contributed by atoms with Crippen LogP contribution in [0.3, 0.4) is 0 Å². The number of anilines is 1. The lowest BCUT2D eigenvalue weighted by Gasteiger charge is -2.26. The number of rotatable bonds is 5. The molecule has 1 aliphatic rings. The van der Waals surface area contributed by atoms with E-state index in [4.69, 9.17) is 39.5 Å². The molecular weight excluding hydrogens is 499 g/mol. The zero-order valence-corrected chi connectivity index (χ0v) is 20.0. The molecule has 34 heavy (non-hydrogen) atoms. The summed E-state index contributed by atoms with van der Waals surface area (Å²) in [6.07, 6.45) is 1.34. The third-order valence-corrected chi connectivity index (χ3v) is 6.02. The van der Waals surface area contributed by atoms with E-state index >= 15 is 0 Å². The van der Waals surface area contributed by atoms with Gasteiger partial charge >= 0.3 is 6.03 Å². The number of amides is 4. The quantitative estimate of drug-likeness (QED) is 0.324. The monoisotopic (exact) mass is 514 g/mol. The van der Waals surface area contributed by atoms with Crippen molar-refractivity contribution in [3.63, 3.8) is 0 Å². The lowest BCUT2D eigenvalue weighted by atomic mass is 10.1. The lowest BCUT2D eigenvalue weighted by Crippen LogP contribution is -2.54. The van der Waals surface area contributed by atoms with Crippen molar-refractivity contribution in [2.45, 2.75) is 13.5 Å². The van der Waals surface area contributed by atoms with E-state index in [0.29, 0.717) is 16.3 Å². The molecule has 0 saturated carbocycles. The van der Waals surface area contributed by atoms with Crippen molar-refractivity contribution >= 4 is 64.4 Å². The molecule has 3 aromatic carbocycles. The molecule has 3 aromatic rings. The number of imide groups is 2. The molecule has 172 valence electrons. The maximum Gasteiger partial charge on any atom is 0.335 e. The van der Waals surface area contributed by atoms with Crippen LogP contribution in [0.15, 0.2) is 66.2 Å². The highest BCUT2D eigenvalue weighted by Gasteiger charge is 2.37. The molecule has 0 atom stereocenters. The van der Waals surface area contributed by atoms with Crippen LogP contribution in [-0.4, -0.2) is 17.8 Å². The second kappa shape index (κ2) is 9.89. The molecule has 0 bridgehead atoms. The Balaban J connectivity index is 1.67. The largest absolute Gasteiger partial charge is 0.488 e. The molecule has 4 amide bonds. The summed E-state index contributed by atoms with van der Waals surface area (Å²) in [6.45, 7) is 2.26. The van der Waals surface area contributed by atoms with Crippen LogP contribution in [-0.2, 0) is 16.2 Å². The Morgan fingerprint density at radius 3 is 2.35 bits per heavy atom. The summed E-state index contributed by atoms with van der Waals surface area (Å²) in [7, 11) is 0. The average molecular weight is 516 g/mol. The molecule has 0 aromatic heterocycles. The van der Waals surface area contributed by atoms with Crippen molar-refractivity contribution < 1.29 is 19.1 Å². The summed E-state index contributed by atoms with van der Waals surface area (Å²) in [5, 5.41) is 2.97. The normalized spacial score (nSPS) is 15.0. The fourth-order valence-corrected chi connectivity index (χ4v) is 3.75. The highest BCUT2D eigenvalue weighted by Crippen LogP contribution is 2.31. The second-order valence-corrected chi connectivity index (χ2v) is 8.76. The van der Waals surface area contributed by atoms with Crippen molar-refractivity contribution in [2.75, 3.05) is 4.90 Å². The van der Waals surface area contributed by atoms with Gasteiger partial charge < -0.3 is 4.74 Å². The second-order valence-electron chi connectivity index (χ2n) is 7.51. The third-order valence-electron chi connectivity index (χ3n) is 5.05. The van der Waals surface area contributed by atoms with E-state index in [1.165, 1.54) is 24.3 Å². The molecule has 1 heterocycles. The van der Waals surface area contributed by atoms with Crippen LogP contribution in [0.2, 0.25) is 15.1 Å². The third kappa shape index (κ3) is 5.09. The number of nitrogens with zero attached hydrogens (tertiary/aromatic N) is 1. The van der Waals surface area contributed by atoms with Crippen molar-refractivity contribution in [3.8, 4) is 5.75 Å². The van der Waals surface area contributed by atoms with Gasteiger partial charge in [-0.15, -0.1) is 0 Å². The molecule has 0 unspecified atom stereocenters. The fraction of sp³-hybridized carbons (Fsp3) is 0.0800. The van der Waals surface area contributed by atoms with Gasteiger partial charge in [0.15, 0.2) is 0 Å². The van der Waals surface area contributed by atoms with Gasteiger partial charge in [0, 0.05) is 10.6 Å². The Morgan fingerprint density at radius 2 is 1.65 bits per heavy atom. The summed E-state index contributed by atoms with van der Waals surface area (Å²) in [5.74, 6) is -1.25. The molecule has 4 rings (SSSR count). The average Bonchev–Trinajstić information content (AvgIpc) is 2.79. The van der Waals surface area contributed by atoms with Gasteiger partial charge in [-0.05, 0) is 55.0 Å². The van der Waals surface area contributed by atoms with Gasteiger partial charge in [0.1, 0.15) is 17.9 Å². The van der Waals surface area contributed by atoms with Crippen LogP contribution in [0, 0.1) is 6.92 Å². The Bertz CT molecular complexity index is 1340. The molecule has 1 saturated heterocycles. The Morgan fingerprint density at radius 1 is 0.912 bits per heavy atom. The maximum atomic E-state index is 13.2. The topological polar surface area (TPSA) is 75.7 Å². The maximum absolute atomic E-state index is 13.2. The lowest BCUT2D eigenvalue weighted by molar-refractivity contribution is -0.122. The van der Waals surface area contributed by atoms with Gasteiger partial charge in [-0.2, -0.15) is 0 Å². The van der Waals surface area contributed by atoms with Gasteiger partial charge in [0.25, 0.3) is 11.8 Å². The number of benzene rings is 3. The zero-order valence-electron chi connectivity index (χ0n) is 17.8. The van der Waals surface area contributed by atoms with Gasteiger partial charge in [-0.1, -0.05) is 64.6 Å². The summed E-state index contributed by atoms with van der Waals surface area (Å²) >= 11 is 18.1. The number of urea groups is 1. The molecule has 6 nitrogen and oxygen atoms in total. The van der Waals surface area contributed by atoms with Gasteiger partial charge in [0.05, 0.1) is 15.7 Å². The Hall–Kier alpha value is -3.32. The van der Waals surface area contributed by atoms with E-state index in [9.17, 15) is 14.4 Å². The van der Waals surface area contributed by atoms with E-state index in [0.717, 1.165) is 16.0 Å². The number of halogens is 3. The fourth-order valence-electron chi connectivity index (χ4n) is 3.28. The highest BCUT2D eigenvalue weighted by molar-refractivity contribution is 6.43. The first-order chi connectivity index (χ1) is 16.2. The minimum atomic E-state index is -0.896. The molecule has 9 heteroatoms. The van der Waals surface area contributed by atoms with Gasteiger partial charge in [-0.3, -0.25) is 14.9 Å². The summed E-state index contributed by atoms with van der Waals surface area (Å²) in [5.41, 5.74) is 2.37. The Kier molecular flexibility index (Phi) is 6.93. The first-order valence-electron chi connectivity index (χ1n) is 10.1. The minimum absolute atomic E-state index is 0.156. The number of carbonyl (C=O) groups is 3. The van der Waals surface area contributed by atoms with E-state index < -0.39 is 17.8 Å². The molecule has 1 fully saturated rings. The number of aryl methyl sites for hydroxylation is 1. The van der Waals surface area contributed by atoms with Crippen LogP contribution < -0.4 is 15.0 Å². The van der Waals surface area contributed by atoms with E-state index in [1.807, 2.05) is 31.2 Å². The summed E-state index contributed by atoms with van der Waals surface area (Å²) in [4.78, 5) is 39.0. The van der Waals surface area contributed by atoms with Gasteiger partial charge in [-0.25, -0.2) is 9.69 Å². The standard InChI is InChI=1S/C25H17Cl3N2O4/c1-14-2-4-15(5-3-14)13-34-22-9-6-17(26)10-16(22)11-19-23(31)29-25(33)30(24(19)32)18-7-8-20(27)21(28)12-18/h2-12H,13H2,1H3,(H,29,31,33)/b19-11+. The minimum Gasteiger partial charge on any atom is -0.488 e. The molecule has 0 spiro atoms. The predicted octanol–water partition coefficient (Wildman–Crippen LogP) is 6.20. The number of hydrogen-bond acceptors (Lipinski definition) is 4. The van der Waals surface area contributed by atoms with E-state index in [2.05, 4.69) is 5.32 Å². The van der Waals surface area contributed by atoms with E-state index in [-0.39, 0.29) is 27.9 Å². The van der Waals surface area contributed by atoms with Gasteiger partial charge in [0.2, 0.25) is 0 Å². The van der Waals surface area contributed by atoms with Crippen LogP contribution in [0.5, 0.6) is 5.75 Å². The molecule has 1 N–H and O–H groups in total. The van der Waals surface area contributed by atoms with Crippen molar-refractivity contribution in [1.29, 1.82) is 0 Å². The van der Waals surface area contributed by atoms with E-state index in [1.54, 1.807) is 18.2 Å². The van der Waals surface area contributed by atoms with Crippen molar-refractivity contribution in [3.05, 3.63) is 98.0 Å². The predicted molar refractivity (Wildman–Crippen MR) is 132 cm³/mol.